The Labute approximate surface area is 158 Å². The largest absolute Gasteiger partial charge is 0.378 e. The summed E-state index contributed by atoms with van der Waals surface area (Å²) >= 11 is 0. The number of nitrogens with one attached hydrogen (secondary N) is 1. The zero-order chi connectivity index (χ0) is 18.6. The predicted octanol–water partition coefficient (Wildman–Crippen LogP) is 6.11. The molecule has 0 amide bonds. The van der Waals surface area contributed by atoms with Crippen LogP contribution in [0.15, 0.2) is 0 Å². The second-order valence-corrected chi connectivity index (χ2v) is 7.25. The first-order chi connectivity index (χ1) is 12.3. The molecule has 0 radical (unpaired) electrons. The molecule has 2 unspecified atom stereocenters. The lowest BCUT2D eigenvalue weighted by Gasteiger charge is -2.17. The molecule has 0 aliphatic rings. The molecule has 0 bridgehead atoms. The van der Waals surface area contributed by atoms with Crippen LogP contribution in [-0.2, 0) is 9.47 Å². The average Bonchev–Trinajstić information content (AvgIpc) is 2.63. The summed E-state index contributed by atoms with van der Waals surface area (Å²) in [6.45, 7) is 12.9. The topological polar surface area (TPSA) is 30.5 Å². The van der Waals surface area contributed by atoms with E-state index in [4.69, 9.17) is 9.47 Å². The highest BCUT2D eigenvalue weighted by molar-refractivity contribution is 4.58. The molecule has 0 rings (SSSR count). The second kappa shape index (κ2) is 20.2. The molecule has 25 heavy (non-hydrogen) atoms. The number of unbranched alkanes of at least 4 members (excludes halogenated alkanes) is 4. The van der Waals surface area contributed by atoms with E-state index in [1.54, 1.807) is 0 Å². The smallest absolute Gasteiger partial charge is 0.0572 e. The van der Waals surface area contributed by atoms with Gasteiger partial charge in [-0.25, -0.2) is 0 Å². The Bertz CT molecular complexity index is 224. The molecular weight excluding hydrogens is 310 g/mol. The first-order valence-electron chi connectivity index (χ1n) is 11.2. The lowest BCUT2D eigenvalue weighted by molar-refractivity contribution is 0.0393. The molecule has 0 aliphatic heterocycles. The summed E-state index contributed by atoms with van der Waals surface area (Å²) in [5, 5.41) is 3.51. The molecule has 0 heterocycles. The molecule has 3 heteroatoms. The van der Waals surface area contributed by atoms with Crippen LogP contribution in [0.1, 0.15) is 105 Å². The van der Waals surface area contributed by atoms with Crippen molar-refractivity contribution in [2.75, 3.05) is 26.3 Å². The summed E-state index contributed by atoms with van der Waals surface area (Å²) in [5.74, 6) is 0. The van der Waals surface area contributed by atoms with Crippen molar-refractivity contribution in [3.05, 3.63) is 0 Å². The van der Waals surface area contributed by atoms with Crippen molar-refractivity contribution >= 4 is 0 Å². The average molecular weight is 358 g/mol. The van der Waals surface area contributed by atoms with Gasteiger partial charge in [-0.2, -0.15) is 0 Å². The number of hydrogen-bond donors (Lipinski definition) is 1. The van der Waals surface area contributed by atoms with Crippen LogP contribution in [-0.4, -0.2) is 38.5 Å². The Kier molecular flexibility index (Phi) is 20.1. The van der Waals surface area contributed by atoms with Crippen LogP contribution in [0, 0.1) is 0 Å². The molecule has 0 aromatic carbocycles. The number of hydrogen-bond acceptors (Lipinski definition) is 3. The molecule has 2 atom stereocenters. The van der Waals surface area contributed by atoms with Crippen molar-refractivity contribution in [2.45, 2.75) is 117 Å². The van der Waals surface area contributed by atoms with E-state index in [1.165, 1.54) is 51.4 Å². The van der Waals surface area contributed by atoms with Gasteiger partial charge in [-0.15, -0.1) is 0 Å². The molecule has 0 aliphatic carbocycles. The maximum absolute atomic E-state index is 5.99. The van der Waals surface area contributed by atoms with Crippen molar-refractivity contribution in [3.63, 3.8) is 0 Å². The van der Waals surface area contributed by atoms with Crippen molar-refractivity contribution in [2.24, 2.45) is 0 Å². The van der Waals surface area contributed by atoms with Crippen LogP contribution >= 0.6 is 0 Å². The molecule has 0 fully saturated rings. The standard InChI is InChI=1S/C22H47NO2/c1-5-9-11-15-21(7-3)24-19-13-17-23-18-14-20-25-22(8-4)16-12-10-6-2/h21-23H,5-20H2,1-4H3. The Morgan fingerprint density at radius 2 is 1.04 bits per heavy atom. The Balaban J connectivity index is 3.39. The maximum Gasteiger partial charge on any atom is 0.0572 e. The highest BCUT2D eigenvalue weighted by Gasteiger charge is 2.06. The van der Waals surface area contributed by atoms with Crippen LogP contribution in [0.25, 0.3) is 0 Å². The Morgan fingerprint density at radius 3 is 1.40 bits per heavy atom. The van der Waals surface area contributed by atoms with E-state index in [-0.39, 0.29) is 0 Å². The van der Waals surface area contributed by atoms with Crippen LogP contribution < -0.4 is 5.32 Å². The van der Waals surface area contributed by atoms with Crippen LogP contribution in [0.4, 0.5) is 0 Å². The van der Waals surface area contributed by atoms with E-state index >= 15 is 0 Å². The van der Waals surface area contributed by atoms with Crippen molar-refractivity contribution < 1.29 is 9.47 Å². The molecular formula is C22H47NO2. The van der Waals surface area contributed by atoms with E-state index in [0.717, 1.165) is 52.0 Å². The zero-order valence-corrected chi connectivity index (χ0v) is 17.8. The van der Waals surface area contributed by atoms with Crippen LogP contribution in [0.3, 0.4) is 0 Å². The Hall–Kier alpha value is -0.120. The van der Waals surface area contributed by atoms with Gasteiger partial charge >= 0.3 is 0 Å². The maximum atomic E-state index is 5.99. The monoisotopic (exact) mass is 357 g/mol. The minimum absolute atomic E-state index is 0.471. The van der Waals surface area contributed by atoms with Gasteiger partial charge in [0.2, 0.25) is 0 Å². The lowest BCUT2D eigenvalue weighted by Crippen LogP contribution is -2.22. The van der Waals surface area contributed by atoms with E-state index < -0.39 is 0 Å². The van der Waals surface area contributed by atoms with Crippen LogP contribution in [0.5, 0.6) is 0 Å². The lowest BCUT2D eigenvalue weighted by atomic mass is 10.1. The van der Waals surface area contributed by atoms with Crippen molar-refractivity contribution in [1.82, 2.24) is 5.32 Å². The SMILES string of the molecule is CCCCCC(CC)OCCCNCCCOC(CC)CCCCC. The summed E-state index contributed by atoms with van der Waals surface area (Å²) in [6, 6.07) is 0. The minimum Gasteiger partial charge on any atom is -0.378 e. The third kappa shape index (κ3) is 17.1. The summed E-state index contributed by atoms with van der Waals surface area (Å²) in [5.41, 5.74) is 0. The van der Waals surface area contributed by atoms with Gasteiger partial charge in [0, 0.05) is 13.2 Å². The molecule has 152 valence electrons. The molecule has 0 saturated heterocycles. The van der Waals surface area contributed by atoms with Gasteiger partial charge in [0.1, 0.15) is 0 Å². The third-order valence-corrected chi connectivity index (χ3v) is 4.87. The van der Waals surface area contributed by atoms with Gasteiger partial charge in [0.25, 0.3) is 0 Å². The number of ether oxygens (including phenoxy) is 2. The Morgan fingerprint density at radius 1 is 0.600 bits per heavy atom. The molecule has 0 aromatic heterocycles. The second-order valence-electron chi connectivity index (χ2n) is 7.25. The summed E-state index contributed by atoms with van der Waals surface area (Å²) < 4.78 is 12.0. The highest BCUT2D eigenvalue weighted by Crippen LogP contribution is 2.11. The quantitative estimate of drug-likeness (QED) is 0.267. The van der Waals surface area contributed by atoms with Gasteiger partial charge in [0.05, 0.1) is 12.2 Å². The van der Waals surface area contributed by atoms with E-state index in [0.29, 0.717) is 12.2 Å². The van der Waals surface area contributed by atoms with Gasteiger partial charge in [-0.05, 0) is 51.6 Å². The fraction of sp³-hybridized carbons (Fsp3) is 1.00. The minimum atomic E-state index is 0.471. The van der Waals surface area contributed by atoms with Crippen LogP contribution in [0.2, 0.25) is 0 Å². The van der Waals surface area contributed by atoms with Gasteiger partial charge in [-0.3, -0.25) is 0 Å². The molecule has 0 saturated carbocycles. The normalized spacial score (nSPS) is 13.9. The van der Waals surface area contributed by atoms with Crippen molar-refractivity contribution in [3.8, 4) is 0 Å². The number of rotatable bonds is 20. The fourth-order valence-electron chi connectivity index (χ4n) is 3.07. The predicted molar refractivity (Wildman–Crippen MR) is 110 cm³/mol. The fourth-order valence-corrected chi connectivity index (χ4v) is 3.07. The molecule has 0 spiro atoms. The summed E-state index contributed by atoms with van der Waals surface area (Å²) in [7, 11) is 0. The third-order valence-electron chi connectivity index (χ3n) is 4.87. The molecule has 3 nitrogen and oxygen atoms in total. The molecule has 0 aromatic rings. The summed E-state index contributed by atoms with van der Waals surface area (Å²) in [4.78, 5) is 0. The van der Waals surface area contributed by atoms with E-state index in [1.807, 2.05) is 0 Å². The first-order valence-corrected chi connectivity index (χ1v) is 11.2. The van der Waals surface area contributed by atoms with E-state index in [2.05, 4.69) is 33.0 Å². The van der Waals surface area contributed by atoms with Crippen molar-refractivity contribution in [1.29, 1.82) is 0 Å². The molecule has 1 N–H and O–H groups in total. The first kappa shape index (κ1) is 24.9. The van der Waals surface area contributed by atoms with Gasteiger partial charge in [0.15, 0.2) is 0 Å². The van der Waals surface area contributed by atoms with Gasteiger partial charge < -0.3 is 14.8 Å². The van der Waals surface area contributed by atoms with Gasteiger partial charge in [-0.1, -0.05) is 66.2 Å². The highest BCUT2D eigenvalue weighted by atomic mass is 16.5. The summed E-state index contributed by atoms with van der Waals surface area (Å²) in [6.07, 6.45) is 15.8. The van der Waals surface area contributed by atoms with E-state index in [9.17, 15) is 0 Å². The zero-order valence-electron chi connectivity index (χ0n) is 17.8.